The molecule has 1 amide bonds. The summed E-state index contributed by atoms with van der Waals surface area (Å²) in [7, 11) is 0. The fraction of sp³-hybridized carbons (Fsp3) is 0.438. The number of ether oxygens (including phenoxy) is 2. The molecule has 1 fully saturated rings. The van der Waals surface area contributed by atoms with E-state index in [4.69, 9.17) is 10.6 Å². The van der Waals surface area contributed by atoms with E-state index in [2.05, 4.69) is 14.9 Å². The lowest BCUT2D eigenvalue weighted by atomic mass is 10.2. The van der Waals surface area contributed by atoms with Crippen molar-refractivity contribution in [1.29, 1.82) is 0 Å². The van der Waals surface area contributed by atoms with Crippen LogP contribution in [0, 0.1) is 0 Å². The Morgan fingerprint density at radius 2 is 1.93 bits per heavy atom. The van der Waals surface area contributed by atoms with Gasteiger partial charge in [0.1, 0.15) is 5.75 Å². The van der Waals surface area contributed by atoms with Crippen LogP contribution in [-0.2, 0) is 9.53 Å². The number of halogens is 2. The number of hydrogen-bond donors (Lipinski definition) is 1. The smallest absolute Gasteiger partial charge is 0.387 e. The highest BCUT2D eigenvalue weighted by Gasteiger charge is 2.25. The Hall–Kier alpha value is -2.40. The molecule has 0 aliphatic carbocycles. The summed E-state index contributed by atoms with van der Waals surface area (Å²) < 4.78 is 35.3. The van der Waals surface area contributed by atoms with Crippen LogP contribution in [0.4, 0.5) is 8.78 Å². The van der Waals surface area contributed by atoms with Crippen LogP contribution in [0.2, 0.25) is 0 Å². The number of nitrogens with zero attached hydrogens (tertiary/aromatic N) is 4. The van der Waals surface area contributed by atoms with Gasteiger partial charge < -0.3 is 20.2 Å². The second-order valence-electron chi connectivity index (χ2n) is 5.78. The number of nitrogens with two attached hydrogens (primary N) is 1. The topological polar surface area (TPSA) is 95.5 Å². The summed E-state index contributed by atoms with van der Waals surface area (Å²) in [4.78, 5) is 14.2. The highest BCUT2D eigenvalue weighted by molar-refractivity contribution is 8.00. The number of morpholine rings is 1. The maximum absolute atomic E-state index is 12.5. The van der Waals surface area contributed by atoms with Gasteiger partial charge in [-0.15, -0.1) is 10.2 Å². The molecule has 146 valence electrons. The molecule has 3 rings (SSSR count). The number of benzene rings is 1. The molecular weight excluding hydrogens is 380 g/mol. The first-order valence-corrected chi connectivity index (χ1v) is 9.12. The van der Waals surface area contributed by atoms with Gasteiger partial charge >= 0.3 is 6.61 Å². The monoisotopic (exact) mass is 399 g/mol. The maximum atomic E-state index is 12.5. The molecule has 0 saturated carbocycles. The van der Waals surface area contributed by atoms with Gasteiger partial charge in [-0.05, 0) is 31.2 Å². The highest BCUT2D eigenvalue weighted by Crippen LogP contribution is 2.27. The van der Waals surface area contributed by atoms with Gasteiger partial charge in [-0.3, -0.25) is 4.79 Å². The van der Waals surface area contributed by atoms with Gasteiger partial charge in [0.05, 0.1) is 18.5 Å². The van der Waals surface area contributed by atoms with Crippen molar-refractivity contribution in [1.82, 2.24) is 19.8 Å². The Morgan fingerprint density at radius 1 is 1.26 bits per heavy atom. The largest absolute Gasteiger partial charge is 0.435 e. The molecule has 8 nitrogen and oxygen atoms in total. The van der Waals surface area contributed by atoms with Gasteiger partial charge in [0.25, 0.3) is 0 Å². The third-order valence-corrected chi connectivity index (χ3v) is 5.00. The van der Waals surface area contributed by atoms with E-state index in [0.29, 0.717) is 42.8 Å². The van der Waals surface area contributed by atoms with E-state index in [9.17, 15) is 13.6 Å². The summed E-state index contributed by atoms with van der Waals surface area (Å²) in [5.74, 6) is 6.44. The summed E-state index contributed by atoms with van der Waals surface area (Å²) in [6, 6.07) is 5.91. The highest BCUT2D eigenvalue weighted by atomic mass is 32.2. The first-order chi connectivity index (χ1) is 13.0. The Labute approximate surface area is 158 Å². The van der Waals surface area contributed by atoms with Crippen LogP contribution in [0.1, 0.15) is 6.92 Å². The molecule has 1 aromatic carbocycles. The van der Waals surface area contributed by atoms with Gasteiger partial charge in [-0.1, -0.05) is 11.8 Å². The fourth-order valence-electron chi connectivity index (χ4n) is 2.59. The van der Waals surface area contributed by atoms with E-state index in [1.54, 1.807) is 24.0 Å². The lowest BCUT2D eigenvalue weighted by Gasteiger charge is -2.28. The van der Waals surface area contributed by atoms with Gasteiger partial charge in [0, 0.05) is 18.7 Å². The van der Waals surface area contributed by atoms with Crippen LogP contribution in [0.3, 0.4) is 0 Å². The van der Waals surface area contributed by atoms with E-state index in [-0.39, 0.29) is 16.9 Å². The summed E-state index contributed by atoms with van der Waals surface area (Å²) in [6.07, 6.45) is 0. The standard InChI is InChI=1S/C16H19F2N5O3S/c1-10(14(24)22-6-8-25-9-7-22)27-16-21-20-13(23(16)19)11-2-4-12(5-3-11)26-15(17)18/h2-5,10,15H,6-9,19H2,1H3/t10-/m0/s1. The van der Waals surface area contributed by atoms with Crippen LogP contribution in [0.15, 0.2) is 29.4 Å². The Morgan fingerprint density at radius 3 is 2.56 bits per heavy atom. The first-order valence-electron chi connectivity index (χ1n) is 8.24. The first kappa shape index (κ1) is 19.4. The summed E-state index contributed by atoms with van der Waals surface area (Å²) >= 11 is 1.21. The van der Waals surface area contributed by atoms with Gasteiger partial charge in [0.2, 0.25) is 11.1 Å². The number of carbonyl (C=O) groups is 1. The molecule has 1 aliphatic rings. The van der Waals surface area contributed by atoms with Crippen LogP contribution in [0.25, 0.3) is 11.4 Å². The van der Waals surface area contributed by atoms with Gasteiger partial charge in [-0.25, -0.2) is 4.68 Å². The molecule has 1 saturated heterocycles. The zero-order chi connectivity index (χ0) is 19.4. The van der Waals surface area contributed by atoms with E-state index >= 15 is 0 Å². The molecular formula is C16H19F2N5O3S. The lowest BCUT2D eigenvalue weighted by Crippen LogP contribution is -2.44. The normalized spacial score (nSPS) is 15.8. The van der Waals surface area contributed by atoms with Crippen molar-refractivity contribution < 1.29 is 23.0 Å². The molecule has 1 aliphatic heterocycles. The van der Waals surface area contributed by atoms with Gasteiger partial charge in [0.15, 0.2) is 5.82 Å². The van der Waals surface area contributed by atoms with Gasteiger partial charge in [-0.2, -0.15) is 8.78 Å². The van der Waals surface area contributed by atoms with Crippen molar-refractivity contribution in [3.63, 3.8) is 0 Å². The second kappa shape index (κ2) is 8.53. The molecule has 2 N–H and O–H groups in total. The summed E-state index contributed by atoms with van der Waals surface area (Å²) in [5.41, 5.74) is 0.589. The number of hydrogen-bond acceptors (Lipinski definition) is 7. The number of alkyl halides is 2. The molecule has 27 heavy (non-hydrogen) atoms. The van der Waals surface area contributed by atoms with E-state index in [0.717, 1.165) is 0 Å². The van der Waals surface area contributed by atoms with Crippen molar-refractivity contribution in [2.75, 3.05) is 32.1 Å². The van der Waals surface area contributed by atoms with Crippen LogP contribution >= 0.6 is 11.8 Å². The third kappa shape index (κ3) is 4.66. The summed E-state index contributed by atoms with van der Waals surface area (Å²) in [6.45, 7) is 1.10. The van der Waals surface area contributed by atoms with Crippen LogP contribution < -0.4 is 10.6 Å². The minimum atomic E-state index is -2.89. The minimum Gasteiger partial charge on any atom is -0.435 e. The number of rotatable bonds is 6. The number of amides is 1. The zero-order valence-electron chi connectivity index (χ0n) is 14.5. The van der Waals surface area contributed by atoms with Crippen molar-refractivity contribution in [2.45, 2.75) is 23.9 Å². The fourth-order valence-corrected chi connectivity index (χ4v) is 3.44. The number of aromatic nitrogens is 3. The molecule has 0 unspecified atom stereocenters. The maximum Gasteiger partial charge on any atom is 0.387 e. The summed E-state index contributed by atoms with van der Waals surface area (Å²) in [5, 5.41) is 8.07. The molecule has 1 aromatic heterocycles. The van der Waals surface area contributed by atoms with E-state index in [1.165, 1.54) is 28.6 Å². The van der Waals surface area contributed by atoms with E-state index < -0.39 is 6.61 Å². The molecule has 2 aromatic rings. The number of carbonyl (C=O) groups excluding carboxylic acids is 1. The number of thioether (sulfide) groups is 1. The zero-order valence-corrected chi connectivity index (χ0v) is 15.4. The molecule has 0 radical (unpaired) electrons. The Kier molecular flexibility index (Phi) is 6.11. The Bertz CT molecular complexity index is 781. The second-order valence-corrected chi connectivity index (χ2v) is 7.08. The average molecular weight is 399 g/mol. The predicted molar refractivity (Wildman–Crippen MR) is 95.0 cm³/mol. The average Bonchev–Trinajstić information content (AvgIpc) is 3.02. The quantitative estimate of drug-likeness (QED) is 0.582. The van der Waals surface area contributed by atoms with Crippen molar-refractivity contribution in [3.05, 3.63) is 24.3 Å². The van der Waals surface area contributed by atoms with E-state index in [1.807, 2.05) is 0 Å². The third-order valence-electron chi connectivity index (χ3n) is 3.95. The molecule has 0 spiro atoms. The minimum absolute atomic E-state index is 0.0126. The molecule has 1 atom stereocenters. The van der Waals surface area contributed by atoms with Crippen molar-refractivity contribution in [3.8, 4) is 17.1 Å². The van der Waals surface area contributed by atoms with Crippen LogP contribution in [-0.4, -0.2) is 63.8 Å². The Balaban J connectivity index is 1.68. The lowest BCUT2D eigenvalue weighted by molar-refractivity contribution is -0.134. The SMILES string of the molecule is C[C@H](Sc1nnc(-c2ccc(OC(F)F)cc2)n1N)C(=O)N1CCOCC1. The molecule has 0 bridgehead atoms. The molecule has 11 heteroatoms. The number of nitrogen functional groups attached to an aromatic ring is 1. The molecule has 2 heterocycles. The van der Waals surface area contributed by atoms with Crippen LogP contribution in [0.5, 0.6) is 5.75 Å². The predicted octanol–water partition coefficient (Wildman–Crippen LogP) is 1.60. The van der Waals surface area contributed by atoms with Crippen molar-refractivity contribution >= 4 is 17.7 Å². The van der Waals surface area contributed by atoms with Crippen molar-refractivity contribution in [2.24, 2.45) is 0 Å².